The molecule has 0 saturated heterocycles. The number of hydrogen-bond donors (Lipinski definition) is 2. The Labute approximate surface area is 149 Å². The maximum Gasteiger partial charge on any atom is 0.271 e. The van der Waals surface area contributed by atoms with Crippen molar-refractivity contribution < 1.29 is 9.53 Å². The number of halogens is 1. The fourth-order valence-electron chi connectivity index (χ4n) is 2.22. The second-order valence-electron chi connectivity index (χ2n) is 5.25. The summed E-state index contributed by atoms with van der Waals surface area (Å²) in [5.41, 5.74) is 10.4. The molecule has 0 fully saturated rings. The van der Waals surface area contributed by atoms with Crippen LogP contribution in [0.5, 0.6) is 5.75 Å². The number of nitrogens with one attached hydrogen (secondary N) is 1. The van der Waals surface area contributed by atoms with Crippen LogP contribution in [0.4, 0.5) is 5.69 Å². The summed E-state index contributed by atoms with van der Waals surface area (Å²) in [6.07, 6.45) is 1.45. The van der Waals surface area contributed by atoms with Gasteiger partial charge >= 0.3 is 0 Å². The van der Waals surface area contributed by atoms with Crippen LogP contribution in [0.1, 0.15) is 15.9 Å². The van der Waals surface area contributed by atoms with E-state index in [1.165, 1.54) is 6.21 Å². The first kappa shape index (κ1) is 16.7. The highest BCUT2D eigenvalue weighted by Gasteiger charge is 2.06. The zero-order valence-electron chi connectivity index (χ0n) is 13.4. The van der Waals surface area contributed by atoms with E-state index in [9.17, 15) is 4.79 Å². The lowest BCUT2D eigenvalue weighted by Gasteiger charge is -2.05. The number of rotatable bonds is 4. The molecule has 3 N–H and O–H groups in total. The molecule has 0 bridgehead atoms. The first-order chi connectivity index (χ1) is 12.1. The second-order valence-corrected chi connectivity index (χ2v) is 5.61. The first-order valence-corrected chi connectivity index (χ1v) is 7.78. The number of hydrazone groups is 1. The first-order valence-electron chi connectivity index (χ1n) is 7.40. The van der Waals surface area contributed by atoms with Crippen LogP contribution in [0.2, 0.25) is 5.15 Å². The fourth-order valence-corrected chi connectivity index (χ4v) is 2.42. The van der Waals surface area contributed by atoms with Crippen LogP contribution >= 0.6 is 11.6 Å². The Kier molecular flexibility index (Phi) is 4.81. The lowest BCUT2D eigenvalue weighted by atomic mass is 10.1. The number of benzene rings is 2. The molecule has 1 heterocycles. The molecular formula is C18H15ClN4O2. The van der Waals surface area contributed by atoms with E-state index in [1.807, 2.05) is 24.3 Å². The molecule has 0 radical (unpaired) electrons. The van der Waals surface area contributed by atoms with Crippen molar-refractivity contribution in [3.05, 3.63) is 64.8 Å². The third-order valence-electron chi connectivity index (χ3n) is 3.55. The molecule has 0 unspecified atom stereocenters. The van der Waals surface area contributed by atoms with E-state index in [2.05, 4.69) is 15.5 Å². The highest BCUT2D eigenvalue weighted by atomic mass is 35.5. The fraction of sp³-hybridized carbons (Fsp3) is 0.0556. The van der Waals surface area contributed by atoms with E-state index in [0.29, 0.717) is 22.0 Å². The van der Waals surface area contributed by atoms with Crippen molar-refractivity contribution in [2.45, 2.75) is 0 Å². The number of amides is 1. The molecular weight excluding hydrogens is 340 g/mol. The van der Waals surface area contributed by atoms with Crippen LogP contribution in [0.15, 0.2) is 53.6 Å². The normalized spacial score (nSPS) is 11.0. The highest BCUT2D eigenvalue weighted by Crippen LogP contribution is 2.23. The Balaban J connectivity index is 1.79. The van der Waals surface area contributed by atoms with E-state index in [1.54, 1.807) is 31.4 Å². The molecule has 0 saturated carbocycles. The van der Waals surface area contributed by atoms with Gasteiger partial charge in [-0.1, -0.05) is 11.6 Å². The van der Waals surface area contributed by atoms with Gasteiger partial charge in [-0.25, -0.2) is 10.4 Å². The largest absolute Gasteiger partial charge is 0.497 e. The average molecular weight is 355 g/mol. The molecule has 0 spiro atoms. The molecule has 126 valence electrons. The van der Waals surface area contributed by atoms with Gasteiger partial charge in [-0.3, -0.25) is 4.79 Å². The summed E-state index contributed by atoms with van der Waals surface area (Å²) in [5.74, 6) is 0.374. The molecule has 25 heavy (non-hydrogen) atoms. The van der Waals surface area contributed by atoms with Gasteiger partial charge in [0.25, 0.3) is 5.91 Å². The van der Waals surface area contributed by atoms with Crippen molar-refractivity contribution in [2.24, 2.45) is 5.10 Å². The third-order valence-corrected chi connectivity index (χ3v) is 3.85. The number of fused-ring (bicyclic) bond motifs is 1. The van der Waals surface area contributed by atoms with Gasteiger partial charge in [-0.15, -0.1) is 0 Å². The molecule has 3 aromatic rings. The van der Waals surface area contributed by atoms with Crippen molar-refractivity contribution >= 4 is 40.3 Å². The van der Waals surface area contributed by atoms with Crippen LogP contribution < -0.4 is 15.9 Å². The number of ether oxygens (including phenoxy) is 1. The van der Waals surface area contributed by atoms with E-state index in [4.69, 9.17) is 22.1 Å². The number of methoxy groups -OCH3 is 1. The number of nitrogen functional groups attached to an aromatic ring is 1. The van der Waals surface area contributed by atoms with Crippen LogP contribution in [-0.2, 0) is 0 Å². The number of carbonyl (C=O) groups excluding carboxylic acids is 1. The van der Waals surface area contributed by atoms with Gasteiger partial charge < -0.3 is 10.5 Å². The highest BCUT2D eigenvalue weighted by molar-refractivity contribution is 6.32. The summed E-state index contributed by atoms with van der Waals surface area (Å²) < 4.78 is 5.20. The van der Waals surface area contributed by atoms with Gasteiger partial charge in [0.2, 0.25) is 0 Å². The molecule has 1 amide bonds. The van der Waals surface area contributed by atoms with Crippen LogP contribution in [0.3, 0.4) is 0 Å². The Morgan fingerprint density at radius 1 is 1.24 bits per heavy atom. The number of aromatic nitrogens is 1. The number of carbonyl (C=O) groups is 1. The minimum Gasteiger partial charge on any atom is -0.497 e. The van der Waals surface area contributed by atoms with E-state index in [-0.39, 0.29) is 5.91 Å². The topological polar surface area (TPSA) is 89.6 Å². The summed E-state index contributed by atoms with van der Waals surface area (Å²) >= 11 is 6.17. The summed E-state index contributed by atoms with van der Waals surface area (Å²) in [7, 11) is 1.60. The Morgan fingerprint density at radius 3 is 2.72 bits per heavy atom. The zero-order chi connectivity index (χ0) is 17.8. The number of anilines is 1. The molecule has 0 aliphatic heterocycles. The minimum absolute atomic E-state index is 0.295. The Hall–Kier alpha value is -3.12. The maximum absolute atomic E-state index is 12.0. The number of nitrogens with two attached hydrogens (primary N) is 1. The van der Waals surface area contributed by atoms with Gasteiger partial charge in [0.15, 0.2) is 0 Å². The standard InChI is InChI=1S/C18H15ClN4O2/c1-25-15-6-7-16-12(9-15)8-13(17(19)22-16)10-21-23-18(24)11-2-4-14(20)5-3-11/h2-10H,20H2,1H3,(H,23,24)/b21-10-. The molecule has 0 aliphatic rings. The molecule has 0 aliphatic carbocycles. The molecule has 2 aromatic carbocycles. The van der Waals surface area contributed by atoms with Gasteiger partial charge in [0, 0.05) is 22.2 Å². The van der Waals surface area contributed by atoms with E-state index < -0.39 is 0 Å². The lowest BCUT2D eigenvalue weighted by molar-refractivity contribution is 0.0955. The predicted octanol–water partition coefficient (Wildman–Crippen LogP) is 3.24. The van der Waals surface area contributed by atoms with E-state index in [0.717, 1.165) is 16.7 Å². The van der Waals surface area contributed by atoms with Crippen molar-refractivity contribution in [1.29, 1.82) is 0 Å². The number of hydrogen-bond acceptors (Lipinski definition) is 5. The van der Waals surface area contributed by atoms with Crippen molar-refractivity contribution in [1.82, 2.24) is 10.4 Å². The smallest absolute Gasteiger partial charge is 0.271 e. The van der Waals surface area contributed by atoms with E-state index >= 15 is 0 Å². The zero-order valence-corrected chi connectivity index (χ0v) is 14.1. The maximum atomic E-state index is 12.0. The summed E-state index contributed by atoms with van der Waals surface area (Å²) in [5, 5.41) is 5.09. The Bertz CT molecular complexity index is 955. The third kappa shape index (κ3) is 3.87. The van der Waals surface area contributed by atoms with Crippen LogP contribution in [-0.4, -0.2) is 24.2 Å². The predicted molar refractivity (Wildman–Crippen MR) is 99.2 cm³/mol. The summed E-state index contributed by atoms with van der Waals surface area (Å²) in [6, 6.07) is 13.9. The average Bonchev–Trinajstić information content (AvgIpc) is 2.62. The Morgan fingerprint density at radius 2 is 2.00 bits per heavy atom. The van der Waals surface area contributed by atoms with Crippen LogP contribution in [0.25, 0.3) is 10.9 Å². The minimum atomic E-state index is -0.345. The van der Waals surface area contributed by atoms with Gasteiger partial charge in [-0.05, 0) is 48.5 Å². The lowest BCUT2D eigenvalue weighted by Crippen LogP contribution is -2.17. The SMILES string of the molecule is COc1ccc2nc(Cl)c(/C=N\NC(=O)c3ccc(N)cc3)cc2c1. The molecule has 1 aromatic heterocycles. The van der Waals surface area contributed by atoms with Crippen molar-refractivity contribution in [2.75, 3.05) is 12.8 Å². The number of nitrogens with zero attached hydrogens (tertiary/aromatic N) is 2. The number of pyridine rings is 1. The second kappa shape index (κ2) is 7.19. The van der Waals surface area contributed by atoms with Gasteiger partial charge in [-0.2, -0.15) is 5.10 Å². The monoisotopic (exact) mass is 354 g/mol. The van der Waals surface area contributed by atoms with Crippen molar-refractivity contribution in [3.8, 4) is 5.75 Å². The quantitative estimate of drug-likeness (QED) is 0.326. The van der Waals surface area contributed by atoms with Gasteiger partial charge in [0.05, 0.1) is 18.8 Å². The molecule has 0 atom stereocenters. The summed E-state index contributed by atoms with van der Waals surface area (Å²) in [4.78, 5) is 16.3. The van der Waals surface area contributed by atoms with Crippen molar-refractivity contribution in [3.63, 3.8) is 0 Å². The summed E-state index contributed by atoms with van der Waals surface area (Å²) in [6.45, 7) is 0. The molecule has 3 rings (SSSR count). The van der Waals surface area contributed by atoms with Gasteiger partial charge in [0.1, 0.15) is 10.9 Å². The molecule has 6 nitrogen and oxygen atoms in total. The molecule has 7 heteroatoms. The van der Waals surface area contributed by atoms with Crippen LogP contribution in [0, 0.1) is 0 Å².